The maximum atomic E-state index is 13.3. The van der Waals surface area contributed by atoms with Gasteiger partial charge in [-0.1, -0.05) is 19.8 Å². The molecule has 32 heavy (non-hydrogen) atoms. The fourth-order valence-corrected chi connectivity index (χ4v) is 4.03. The number of furan rings is 2. The van der Waals surface area contributed by atoms with Crippen molar-refractivity contribution in [2.75, 3.05) is 0 Å². The largest absolute Gasteiger partial charge is 0.467 e. The summed E-state index contributed by atoms with van der Waals surface area (Å²) in [5.41, 5.74) is 0. The summed E-state index contributed by atoms with van der Waals surface area (Å²) >= 11 is 0. The van der Waals surface area contributed by atoms with E-state index < -0.39 is 6.04 Å². The van der Waals surface area contributed by atoms with Crippen LogP contribution >= 0.6 is 0 Å². The molecule has 3 heterocycles. The predicted octanol–water partition coefficient (Wildman–Crippen LogP) is 2.70. The molecule has 1 aliphatic rings. The van der Waals surface area contributed by atoms with E-state index in [4.69, 9.17) is 8.83 Å². The van der Waals surface area contributed by atoms with Gasteiger partial charge < -0.3 is 19.1 Å². The van der Waals surface area contributed by atoms with Gasteiger partial charge in [-0.2, -0.15) is 4.80 Å². The summed E-state index contributed by atoms with van der Waals surface area (Å²) in [7, 11) is 0. The van der Waals surface area contributed by atoms with Gasteiger partial charge in [-0.3, -0.25) is 9.59 Å². The van der Waals surface area contributed by atoms with E-state index in [0.717, 1.165) is 31.4 Å². The van der Waals surface area contributed by atoms with Crippen LogP contribution in [0.15, 0.2) is 39.4 Å². The Balaban J connectivity index is 1.50. The van der Waals surface area contributed by atoms with E-state index in [0.29, 0.717) is 23.8 Å². The van der Waals surface area contributed by atoms with Crippen LogP contribution in [0.4, 0.5) is 0 Å². The van der Waals surface area contributed by atoms with Gasteiger partial charge in [0.25, 0.3) is 0 Å². The molecule has 0 aliphatic heterocycles. The predicted molar refractivity (Wildman–Crippen MR) is 114 cm³/mol. The second kappa shape index (κ2) is 9.80. The summed E-state index contributed by atoms with van der Waals surface area (Å²) in [6, 6.07) is 6.65. The number of hydrogen-bond acceptors (Lipinski definition) is 7. The zero-order chi connectivity index (χ0) is 22.5. The van der Waals surface area contributed by atoms with Crippen molar-refractivity contribution in [2.45, 2.75) is 71.1 Å². The molecule has 0 aromatic carbocycles. The molecule has 1 N–H and O–H groups in total. The Morgan fingerprint density at radius 2 is 2.09 bits per heavy atom. The second-order valence-electron chi connectivity index (χ2n) is 8.07. The highest BCUT2D eigenvalue weighted by Crippen LogP contribution is 2.20. The number of nitrogens with zero attached hydrogens (tertiary/aromatic N) is 5. The third kappa shape index (κ3) is 5.06. The van der Waals surface area contributed by atoms with E-state index in [1.807, 2.05) is 13.8 Å². The molecule has 0 radical (unpaired) electrons. The van der Waals surface area contributed by atoms with E-state index in [9.17, 15) is 9.59 Å². The number of amides is 2. The van der Waals surface area contributed by atoms with Crippen LogP contribution in [0, 0.1) is 6.92 Å². The zero-order valence-electron chi connectivity index (χ0n) is 18.4. The molecule has 3 aromatic heterocycles. The molecular weight excluding hydrogens is 412 g/mol. The first-order valence-corrected chi connectivity index (χ1v) is 11.0. The number of rotatable bonds is 9. The minimum atomic E-state index is -0.621. The topological polar surface area (TPSA) is 119 Å². The van der Waals surface area contributed by atoms with Gasteiger partial charge >= 0.3 is 0 Å². The van der Waals surface area contributed by atoms with Crippen LogP contribution in [0.2, 0.25) is 0 Å². The maximum absolute atomic E-state index is 13.3. The maximum Gasteiger partial charge on any atom is 0.247 e. The summed E-state index contributed by atoms with van der Waals surface area (Å²) in [5, 5.41) is 15.3. The quantitative estimate of drug-likeness (QED) is 0.543. The highest BCUT2D eigenvalue weighted by Gasteiger charge is 2.31. The van der Waals surface area contributed by atoms with Crippen molar-refractivity contribution in [2.24, 2.45) is 0 Å². The highest BCUT2D eigenvalue weighted by atomic mass is 16.3. The lowest BCUT2D eigenvalue weighted by atomic mass is 10.1. The third-order valence-electron chi connectivity index (χ3n) is 5.68. The summed E-state index contributed by atoms with van der Waals surface area (Å²) < 4.78 is 11.0. The van der Waals surface area contributed by atoms with Crippen LogP contribution in [0.25, 0.3) is 11.6 Å². The fourth-order valence-electron chi connectivity index (χ4n) is 4.03. The number of nitrogens with one attached hydrogen (secondary N) is 1. The van der Waals surface area contributed by atoms with Gasteiger partial charge in [-0.05, 0) is 55.7 Å². The van der Waals surface area contributed by atoms with E-state index in [1.54, 1.807) is 30.5 Å². The Morgan fingerprint density at radius 1 is 1.28 bits per heavy atom. The second-order valence-corrected chi connectivity index (χ2v) is 8.07. The first-order valence-electron chi connectivity index (χ1n) is 11.0. The molecule has 0 bridgehead atoms. The van der Waals surface area contributed by atoms with Crippen molar-refractivity contribution >= 4 is 11.8 Å². The first kappa shape index (κ1) is 21.8. The van der Waals surface area contributed by atoms with Gasteiger partial charge in [-0.15, -0.1) is 10.2 Å². The summed E-state index contributed by atoms with van der Waals surface area (Å²) in [6.45, 7) is 3.75. The standard InChI is InChI=1S/C22H28N6O4/c1-3-18(22(30)23-16-7-4-5-8-16)27(13-17-9-6-12-31-17)20(29)14-28-25-21(24-26-28)19-11-10-15(2)32-19/h6,9-12,16,18H,3-5,7-8,13-14H2,1-2H3,(H,23,30)/t18-/m0/s1. The number of aryl methyl sites for hydroxylation is 1. The van der Waals surface area contributed by atoms with E-state index in [1.165, 1.54) is 9.70 Å². The van der Waals surface area contributed by atoms with Crippen molar-refractivity contribution in [1.82, 2.24) is 30.4 Å². The molecule has 170 valence electrons. The zero-order valence-corrected chi connectivity index (χ0v) is 18.4. The van der Waals surface area contributed by atoms with Crippen LogP contribution in [0.1, 0.15) is 50.5 Å². The van der Waals surface area contributed by atoms with Crippen LogP contribution in [-0.4, -0.2) is 49.0 Å². The van der Waals surface area contributed by atoms with E-state index in [-0.39, 0.29) is 30.9 Å². The average molecular weight is 441 g/mol. The molecule has 2 amide bonds. The van der Waals surface area contributed by atoms with E-state index >= 15 is 0 Å². The van der Waals surface area contributed by atoms with Gasteiger partial charge in [0.2, 0.25) is 17.6 Å². The number of hydrogen-bond donors (Lipinski definition) is 1. The van der Waals surface area contributed by atoms with Gasteiger partial charge in [0.15, 0.2) is 5.76 Å². The number of carbonyl (C=O) groups excluding carboxylic acids is 2. The van der Waals surface area contributed by atoms with Crippen molar-refractivity contribution in [3.05, 3.63) is 42.0 Å². The van der Waals surface area contributed by atoms with Crippen molar-refractivity contribution in [3.8, 4) is 11.6 Å². The Kier molecular flexibility index (Phi) is 6.67. The Morgan fingerprint density at radius 3 is 2.75 bits per heavy atom. The van der Waals surface area contributed by atoms with Gasteiger partial charge in [0, 0.05) is 6.04 Å². The van der Waals surface area contributed by atoms with Gasteiger partial charge in [0.05, 0.1) is 12.8 Å². The molecule has 0 unspecified atom stereocenters. The van der Waals surface area contributed by atoms with Crippen molar-refractivity contribution in [3.63, 3.8) is 0 Å². The van der Waals surface area contributed by atoms with Gasteiger partial charge in [0.1, 0.15) is 24.1 Å². The van der Waals surface area contributed by atoms with Crippen LogP contribution < -0.4 is 5.32 Å². The summed E-state index contributed by atoms with van der Waals surface area (Å²) in [4.78, 5) is 29.1. The van der Waals surface area contributed by atoms with Crippen molar-refractivity contribution in [1.29, 1.82) is 0 Å². The lowest BCUT2D eigenvalue weighted by Gasteiger charge is -2.30. The minimum Gasteiger partial charge on any atom is -0.467 e. The molecule has 10 nitrogen and oxygen atoms in total. The number of aromatic nitrogens is 4. The minimum absolute atomic E-state index is 0.141. The molecule has 1 aliphatic carbocycles. The molecule has 3 aromatic rings. The lowest BCUT2D eigenvalue weighted by Crippen LogP contribution is -2.51. The normalized spacial score (nSPS) is 15.1. The summed E-state index contributed by atoms with van der Waals surface area (Å²) in [5.74, 6) is 1.68. The van der Waals surface area contributed by atoms with Crippen LogP contribution in [0.3, 0.4) is 0 Å². The fraction of sp³-hybridized carbons (Fsp3) is 0.500. The van der Waals surface area contributed by atoms with E-state index in [2.05, 4.69) is 20.7 Å². The number of tetrazole rings is 1. The van der Waals surface area contributed by atoms with Crippen LogP contribution in [-0.2, 0) is 22.7 Å². The highest BCUT2D eigenvalue weighted by molar-refractivity contribution is 5.87. The lowest BCUT2D eigenvalue weighted by molar-refractivity contribution is -0.142. The molecular formula is C22H28N6O4. The Labute approximate surface area is 185 Å². The first-order chi connectivity index (χ1) is 15.5. The smallest absolute Gasteiger partial charge is 0.247 e. The monoisotopic (exact) mass is 440 g/mol. The molecule has 1 fully saturated rings. The Hall–Kier alpha value is -3.43. The Bertz CT molecular complexity index is 1030. The third-order valence-corrected chi connectivity index (χ3v) is 5.68. The SMILES string of the molecule is CC[C@@H](C(=O)NC1CCCC1)N(Cc1ccco1)C(=O)Cn1nnc(-c2ccc(C)o2)n1. The summed E-state index contributed by atoms with van der Waals surface area (Å²) in [6.07, 6.45) is 6.22. The average Bonchev–Trinajstić information content (AvgIpc) is 3.56. The van der Waals surface area contributed by atoms with Crippen molar-refractivity contribution < 1.29 is 18.4 Å². The molecule has 0 saturated heterocycles. The number of carbonyl (C=O) groups is 2. The molecule has 10 heteroatoms. The molecule has 4 rings (SSSR count). The molecule has 1 atom stereocenters. The van der Waals surface area contributed by atoms with Crippen LogP contribution in [0.5, 0.6) is 0 Å². The molecule has 1 saturated carbocycles. The van der Waals surface area contributed by atoms with Gasteiger partial charge in [-0.25, -0.2) is 0 Å². The molecule has 0 spiro atoms.